The van der Waals surface area contributed by atoms with Crippen molar-refractivity contribution in [1.82, 2.24) is 9.97 Å². The summed E-state index contributed by atoms with van der Waals surface area (Å²) >= 11 is 5.70. The highest BCUT2D eigenvalue weighted by Gasteiger charge is 2.33. The second kappa shape index (κ2) is 4.81. The van der Waals surface area contributed by atoms with Crippen LogP contribution in [-0.2, 0) is 0 Å². The van der Waals surface area contributed by atoms with Crippen molar-refractivity contribution >= 4 is 11.6 Å². The lowest BCUT2D eigenvalue weighted by Gasteiger charge is -2.11. The van der Waals surface area contributed by atoms with Crippen molar-refractivity contribution in [3.05, 3.63) is 41.8 Å². The molecule has 0 bridgehead atoms. The van der Waals surface area contributed by atoms with Gasteiger partial charge in [-0.25, -0.2) is 4.98 Å². The first-order chi connectivity index (χ1) is 8.46. The number of alkyl halides is 3. The Morgan fingerprint density at radius 1 is 1.17 bits per heavy atom. The molecule has 2 aromatic rings. The average molecular weight is 274 g/mol. The summed E-state index contributed by atoms with van der Waals surface area (Å²) < 4.78 is 40.4. The summed E-state index contributed by atoms with van der Waals surface area (Å²) in [4.78, 5) is 6.91. The number of hydrogen-bond donors (Lipinski definition) is 0. The first kappa shape index (κ1) is 12.6. The SMILES string of the molecule is FC(F)(F)Oc1n[c]ncc1-c1ccc(Cl)cc1. The molecule has 93 valence electrons. The van der Waals surface area contributed by atoms with Gasteiger partial charge in [0.15, 0.2) is 0 Å². The van der Waals surface area contributed by atoms with Crippen molar-refractivity contribution in [2.75, 3.05) is 0 Å². The van der Waals surface area contributed by atoms with Crippen molar-refractivity contribution < 1.29 is 17.9 Å². The molecular weight excluding hydrogens is 269 g/mol. The average Bonchev–Trinajstić information content (AvgIpc) is 2.29. The van der Waals surface area contributed by atoms with Crippen LogP contribution in [0.15, 0.2) is 30.5 Å². The van der Waals surface area contributed by atoms with Gasteiger partial charge in [-0.2, -0.15) is 4.98 Å². The molecule has 18 heavy (non-hydrogen) atoms. The van der Waals surface area contributed by atoms with E-state index in [-0.39, 0.29) is 5.56 Å². The number of rotatable bonds is 2. The normalized spacial score (nSPS) is 11.3. The fourth-order valence-corrected chi connectivity index (χ4v) is 1.42. The summed E-state index contributed by atoms with van der Waals surface area (Å²) in [5, 5.41) is 0.473. The van der Waals surface area contributed by atoms with E-state index >= 15 is 0 Å². The van der Waals surface area contributed by atoms with Crippen LogP contribution in [0.3, 0.4) is 0 Å². The van der Waals surface area contributed by atoms with Crippen molar-refractivity contribution in [2.45, 2.75) is 6.36 Å². The summed E-state index contributed by atoms with van der Waals surface area (Å²) in [7, 11) is 0. The lowest BCUT2D eigenvalue weighted by molar-refractivity contribution is -0.276. The molecule has 0 aliphatic carbocycles. The zero-order valence-electron chi connectivity index (χ0n) is 8.70. The van der Waals surface area contributed by atoms with Crippen LogP contribution in [0.4, 0.5) is 13.2 Å². The Bertz CT molecular complexity index is 543. The van der Waals surface area contributed by atoms with Gasteiger partial charge in [-0.1, -0.05) is 23.7 Å². The van der Waals surface area contributed by atoms with Crippen molar-refractivity contribution in [3.63, 3.8) is 0 Å². The van der Waals surface area contributed by atoms with Crippen LogP contribution in [0, 0.1) is 6.33 Å². The number of ether oxygens (including phenoxy) is 1. The van der Waals surface area contributed by atoms with Gasteiger partial charge in [-0.05, 0) is 17.7 Å². The van der Waals surface area contributed by atoms with E-state index in [1.165, 1.54) is 6.20 Å². The first-order valence-electron chi connectivity index (χ1n) is 4.70. The fraction of sp³-hybridized carbons (Fsp3) is 0.0909. The van der Waals surface area contributed by atoms with Crippen molar-refractivity contribution in [3.8, 4) is 17.0 Å². The van der Waals surface area contributed by atoms with Gasteiger partial charge >= 0.3 is 6.36 Å². The van der Waals surface area contributed by atoms with Gasteiger partial charge in [0.05, 0.1) is 5.56 Å². The third-order valence-corrected chi connectivity index (χ3v) is 2.25. The maximum Gasteiger partial charge on any atom is 0.574 e. The highest BCUT2D eigenvalue weighted by atomic mass is 35.5. The zero-order valence-corrected chi connectivity index (χ0v) is 9.46. The quantitative estimate of drug-likeness (QED) is 0.840. The van der Waals surface area contributed by atoms with Crippen molar-refractivity contribution in [2.24, 2.45) is 0 Å². The van der Waals surface area contributed by atoms with E-state index in [0.717, 1.165) is 0 Å². The zero-order chi connectivity index (χ0) is 13.2. The van der Waals surface area contributed by atoms with Gasteiger partial charge in [0.2, 0.25) is 12.2 Å². The standard InChI is InChI=1S/C11H5ClF3N2O/c12-8-3-1-7(2-4-8)9-5-16-6-17-10(9)18-11(13,14)15/h1-5H. The molecule has 1 radical (unpaired) electrons. The van der Waals surface area contributed by atoms with E-state index in [1.54, 1.807) is 24.3 Å². The number of benzene rings is 1. The monoisotopic (exact) mass is 273 g/mol. The third-order valence-electron chi connectivity index (χ3n) is 2.00. The minimum atomic E-state index is -4.82. The van der Waals surface area contributed by atoms with Crippen LogP contribution < -0.4 is 4.74 Å². The summed E-state index contributed by atoms with van der Waals surface area (Å²) in [6.07, 6.45) is -1.57. The van der Waals surface area contributed by atoms with Gasteiger partial charge in [0.1, 0.15) is 0 Å². The second-order valence-corrected chi connectivity index (χ2v) is 3.68. The minimum Gasteiger partial charge on any atom is -0.387 e. The number of nitrogens with zero attached hydrogens (tertiary/aromatic N) is 2. The summed E-state index contributed by atoms with van der Waals surface area (Å²) in [6, 6.07) is 6.18. The Hall–Kier alpha value is -1.82. The van der Waals surface area contributed by atoms with Crippen LogP contribution in [-0.4, -0.2) is 16.3 Å². The van der Waals surface area contributed by atoms with Crippen LogP contribution in [0.1, 0.15) is 0 Å². The van der Waals surface area contributed by atoms with Gasteiger partial charge in [-0.15, -0.1) is 13.2 Å². The molecule has 1 heterocycles. The molecule has 0 aliphatic heterocycles. The molecule has 7 heteroatoms. The highest BCUT2D eigenvalue weighted by molar-refractivity contribution is 6.30. The van der Waals surface area contributed by atoms with Gasteiger partial charge in [0.25, 0.3) is 0 Å². The lowest BCUT2D eigenvalue weighted by atomic mass is 10.1. The molecule has 1 aromatic heterocycles. The molecule has 2 rings (SSSR count). The Morgan fingerprint density at radius 3 is 2.44 bits per heavy atom. The van der Waals surface area contributed by atoms with Gasteiger partial charge in [0, 0.05) is 11.2 Å². The van der Waals surface area contributed by atoms with Gasteiger partial charge < -0.3 is 4.74 Å². The number of aromatic nitrogens is 2. The number of halogens is 4. The van der Waals surface area contributed by atoms with E-state index in [0.29, 0.717) is 10.6 Å². The Morgan fingerprint density at radius 2 is 1.83 bits per heavy atom. The van der Waals surface area contributed by atoms with Crippen LogP contribution in [0.2, 0.25) is 5.02 Å². The largest absolute Gasteiger partial charge is 0.574 e. The molecule has 0 saturated carbocycles. The Labute approximate surface area is 105 Å². The molecule has 0 aliphatic rings. The molecule has 0 fully saturated rings. The molecule has 0 N–H and O–H groups in total. The fourth-order valence-electron chi connectivity index (χ4n) is 1.30. The van der Waals surface area contributed by atoms with E-state index in [2.05, 4.69) is 21.0 Å². The predicted octanol–water partition coefficient (Wildman–Crippen LogP) is 3.50. The van der Waals surface area contributed by atoms with Crippen LogP contribution >= 0.6 is 11.6 Å². The van der Waals surface area contributed by atoms with Gasteiger partial charge in [-0.3, -0.25) is 0 Å². The molecule has 0 saturated heterocycles. The van der Waals surface area contributed by atoms with Crippen molar-refractivity contribution in [1.29, 1.82) is 0 Å². The molecular formula is C11H5ClF3N2O. The number of hydrogen-bond acceptors (Lipinski definition) is 3. The summed E-state index contributed by atoms with van der Waals surface area (Å²) in [5.41, 5.74) is 0.579. The minimum absolute atomic E-state index is 0.114. The molecule has 0 unspecified atom stereocenters. The summed E-state index contributed by atoms with van der Waals surface area (Å²) in [6.45, 7) is 0. The van der Waals surface area contributed by atoms with Crippen LogP contribution in [0.25, 0.3) is 11.1 Å². The molecule has 0 spiro atoms. The molecule has 0 amide bonds. The maximum absolute atomic E-state index is 12.2. The topological polar surface area (TPSA) is 35.0 Å². The first-order valence-corrected chi connectivity index (χ1v) is 5.08. The third kappa shape index (κ3) is 3.10. The van der Waals surface area contributed by atoms with Crippen LogP contribution in [0.5, 0.6) is 5.88 Å². The maximum atomic E-state index is 12.2. The van der Waals surface area contributed by atoms with E-state index in [9.17, 15) is 13.2 Å². The Kier molecular flexibility index (Phi) is 3.38. The van der Waals surface area contributed by atoms with E-state index in [1.807, 2.05) is 0 Å². The Balaban J connectivity index is 2.41. The van der Waals surface area contributed by atoms with E-state index < -0.39 is 12.2 Å². The molecule has 3 nitrogen and oxygen atoms in total. The lowest BCUT2D eigenvalue weighted by Crippen LogP contribution is -2.18. The molecule has 0 atom stereocenters. The highest BCUT2D eigenvalue weighted by Crippen LogP contribution is 2.31. The van der Waals surface area contributed by atoms with E-state index in [4.69, 9.17) is 11.6 Å². The molecule has 1 aromatic carbocycles. The second-order valence-electron chi connectivity index (χ2n) is 3.24. The predicted molar refractivity (Wildman–Crippen MR) is 58.0 cm³/mol. The smallest absolute Gasteiger partial charge is 0.387 e. The summed E-state index contributed by atoms with van der Waals surface area (Å²) in [5.74, 6) is -0.597.